The van der Waals surface area contributed by atoms with Gasteiger partial charge < -0.3 is 77.5 Å². The van der Waals surface area contributed by atoms with Gasteiger partial charge >= 0.3 is 30.0 Å². The molecule has 3 aromatic carbocycles. The number of methoxy groups -OCH3 is 1. The van der Waals surface area contributed by atoms with Crippen molar-refractivity contribution in [3.8, 4) is 0 Å². The second-order valence-electron chi connectivity index (χ2n) is 22.3. The summed E-state index contributed by atoms with van der Waals surface area (Å²) < 4.78 is 77.0. The molecule has 0 radical (unpaired) electrons. The Morgan fingerprint density at radius 1 is 0.540 bits per heavy atom. The molecule has 0 unspecified atom stereocenters. The molecule has 23 nitrogen and oxygen atoms in total. The highest BCUT2D eigenvalue weighted by Crippen LogP contribution is 2.33. The van der Waals surface area contributed by atoms with Gasteiger partial charge in [0.15, 0.2) is 24.8 Å². The van der Waals surface area contributed by atoms with E-state index in [-0.39, 0.29) is 38.1 Å². The molecule has 2 heterocycles. The number of carbonyl (C=O) groups is 7. The molecule has 2 saturated heterocycles. The number of unbranched alkanes of at least 4 members (excludes halogenated alkanes) is 6. The fourth-order valence-corrected chi connectivity index (χ4v) is 9.62. The third kappa shape index (κ3) is 27.2. The normalized spacial score (nSPS) is 22.2. The summed E-state index contributed by atoms with van der Waals surface area (Å²) in [4.78, 5) is 87.6. The number of ether oxygens (including phenoxy) is 13. The Morgan fingerprint density at radius 2 is 1.02 bits per heavy atom. The summed E-state index contributed by atoms with van der Waals surface area (Å²) in [6, 6.07) is 28.8. The van der Waals surface area contributed by atoms with Crippen LogP contribution in [0, 0.1) is 0 Å². The Morgan fingerprint density at radius 3 is 1.54 bits per heavy atom. The van der Waals surface area contributed by atoms with Crippen molar-refractivity contribution >= 4 is 41.8 Å². The SMILES string of the molecule is COC(=O)CO[C@H]1[C@@H](OC(C)=O)[C@@H](COC(C)=O)O[C@@H](OCCCCCCNC(=O)CC[C@H](NC(=O)OC(C)(C)C)C(=O)NCCCCCCO[C@@H]2O[C@@H](C)[C@@H](OCc3ccccc3)[C@@H](OCc3ccccc3)[C@@H]2OCc2ccccc2)[C@@H]1OC(C)=O. The Hall–Kier alpha value is -6.57. The van der Waals surface area contributed by atoms with Crippen molar-refractivity contribution in [3.63, 3.8) is 0 Å². The molecular weight excluding hydrogens is 1130 g/mol. The minimum absolute atomic E-state index is 0.0249. The van der Waals surface area contributed by atoms with Crippen LogP contribution >= 0.6 is 0 Å². The van der Waals surface area contributed by atoms with Crippen molar-refractivity contribution in [1.82, 2.24) is 16.0 Å². The van der Waals surface area contributed by atoms with Gasteiger partial charge in [-0.3, -0.25) is 24.0 Å². The van der Waals surface area contributed by atoms with Gasteiger partial charge in [-0.25, -0.2) is 9.59 Å². The van der Waals surface area contributed by atoms with E-state index in [1.165, 1.54) is 6.92 Å². The number of hydrogen-bond acceptors (Lipinski definition) is 20. The molecule has 2 aliphatic heterocycles. The van der Waals surface area contributed by atoms with E-state index in [4.69, 9.17) is 61.6 Å². The molecule has 0 spiro atoms. The second-order valence-corrected chi connectivity index (χ2v) is 22.3. The average Bonchev–Trinajstić information content (AvgIpc) is 1.53. The highest BCUT2D eigenvalue weighted by atomic mass is 16.7. The number of alkyl carbamates (subject to hydrolysis) is 1. The molecule has 2 fully saturated rings. The summed E-state index contributed by atoms with van der Waals surface area (Å²) in [5, 5.41) is 8.44. The van der Waals surface area contributed by atoms with Crippen molar-refractivity contribution in [1.29, 1.82) is 0 Å². The van der Waals surface area contributed by atoms with Crippen LogP contribution in [0.5, 0.6) is 0 Å². The van der Waals surface area contributed by atoms with Crippen LogP contribution in [0.25, 0.3) is 0 Å². The summed E-state index contributed by atoms with van der Waals surface area (Å²) >= 11 is 0. The van der Waals surface area contributed by atoms with Crippen molar-refractivity contribution in [2.45, 2.75) is 206 Å². The van der Waals surface area contributed by atoms with Crippen LogP contribution in [0.2, 0.25) is 0 Å². The molecule has 3 N–H and O–H groups in total. The topological polar surface area (TPSA) is 276 Å². The zero-order valence-electron chi connectivity index (χ0n) is 51.6. The lowest BCUT2D eigenvalue weighted by molar-refractivity contribution is -0.320. The van der Waals surface area contributed by atoms with Gasteiger partial charge in [0.05, 0.1) is 33.0 Å². The third-order valence-electron chi connectivity index (χ3n) is 13.8. The van der Waals surface area contributed by atoms with E-state index >= 15 is 0 Å². The quantitative estimate of drug-likeness (QED) is 0.0291. The Balaban J connectivity index is 1.06. The number of nitrogens with one attached hydrogen (secondary N) is 3. The van der Waals surface area contributed by atoms with Crippen molar-refractivity contribution < 1.29 is 95.1 Å². The molecule has 3 aromatic rings. The molecule has 2 aliphatic rings. The number of amides is 3. The first-order valence-electron chi connectivity index (χ1n) is 30.0. The second kappa shape index (κ2) is 38.7. The number of esters is 4. The fraction of sp³-hybridized carbons (Fsp3) is 0.609. The molecular formula is C64H91N3O20. The molecule has 0 saturated carbocycles. The number of benzene rings is 3. The summed E-state index contributed by atoms with van der Waals surface area (Å²) in [7, 11) is 1.16. The Kier molecular flexibility index (Phi) is 31.6. The van der Waals surface area contributed by atoms with E-state index in [1.807, 2.05) is 97.9 Å². The lowest BCUT2D eigenvalue weighted by Crippen LogP contribution is -2.62. The standard InChI is InChI=1S/C64H91N3O20/c1-43-54(79-38-47-26-16-13-17-27-47)56(80-39-48-28-18-14-19-29-48)58(81-40-49-30-20-15-21-31-49)61(83-43)76-36-24-12-10-23-35-66-60(73)50(67-63(74)87-64(5,6)7)32-33-52(71)65-34-22-9-11-25-37-77-62-59(85-46(4)70)57(82-42-53(72)75-8)55(84-45(3)69)51(86-62)41-78-44(2)68/h13-21,26-31,43,50-51,54-59,61-62H,9-12,22-25,32-42H2,1-8H3,(H,65,71)(H,66,73)(H,67,74)/t43-,50-,51+,54+,55-,56+,57-,58-,59+,61+,62+/m0/s1. The van der Waals surface area contributed by atoms with Gasteiger partial charge in [0, 0.05) is 53.5 Å². The predicted molar refractivity (Wildman–Crippen MR) is 315 cm³/mol. The monoisotopic (exact) mass is 1220 g/mol. The van der Waals surface area contributed by atoms with E-state index in [0.29, 0.717) is 78.0 Å². The van der Waals surface area contributed by atoms with Gasteiger partial charge in [0.25, 0.3) is 0 Å². The van der Waals surface area contributed by atoms with E-state index < -0.39 is 109 Å². The van der Waals surface area contributed by atoms with Crippen molar-refractivity contribution in [2.75, 3.05) is 46.6 Å². The smallest absolute Gasteiger partial charge is 0.408 e. The molecule has 11 atom stereocenters. The summed E-state index contributed by atoms with van der Waals surface area (Å²) in [6.07, 6.45) is -4.39. The maximum atomic E-state index is 13.5. The van der Waals surface area contributed by atoms with Crippen molar-refractivity contribution in [3.05, 3.63) is 108 Å². The summed E-state index contributed by atoms with van der Waals surface area (Å²) in [6.45, 7) is 11.8. The molecule has 5 rings (SSSR count). The molecule has 0 aliphatic carbocycles. The van der Waals surface area contributed by atoms with Crippen LogP contribution in [0.3, 0.4) is 0 Å². The lowest BCUT2D eigenvalue weighted by atomic mass is 9.98. The first kappa shape index (κ1) is 71.2. The molecule has 0 aromatic heterocycles. The van der Waals surface area contributed by atoms with Gasteiger partial charge in [-0.15, -0.1) is 0 Å². The first-order valence-corrected chi connectivity index (χ1v) is 30.0. The van der Waals surface area contributed by atoms with Gasteiger partial charge in [-0.2, -0.15) is 0 Å². The van der Waals surface area contributed by atoms with E-state index in [1.54, 1.807) is 20.8 Å². The van der Waals surface area contributed by atoms with E-state index in [9.17, 15) is 33.6 Å². The van der Waals surface area contributed by atoms with Gasteiger partial charge in [-0.05, 0) is 76.5 Å². The minimum Gasteiger partial charge on any atom is -0.467 e. The number of carbonyl (C=O) groups excluding carboxylic acids is 7. The maximum Gasteiger partial charge on any atom is 0.408 e. The van der Waals surface area contributed by atoms with Gasteiger partial charge in [0.2, 0.25) is 11.8 Å². The summed E-state index contributed by atoms with van der Waals surface area (Å²) in [5.41, 5.74) is 2.22. The molecule has 23 heteroatoms. The fourth-order valence-electron chi connectivity index (χ4n) is 9.62. The predicted octanol–water partition coefficient (Wildman–Crippen LogP) is 7.26. The van der Waals surface area contributed by atoms with Gasteiger partial charge in [0.1, 0.15) is 55.4 Å². The highest BCUT2D eigenvalue weighted by molar-refractivity contribution is 5.86. The average molecular weight is 1220 g/mol. The number of hydrogen-bond donors (Lipinski definition) is 3. The highest BCUT2D eigenvalue weighted by Gasteiger charge is 2.52. The van der Waals surface area contributed by atoms with Crippen LogP contribution in [-0.4, -0.2) is 161 Å². The maximum absolute atomic E-state index is 13.5. The van der Waals surface area contributed by atoms with Gasteiger partial charge in [-0.1, -0.05) is 117 Å². The Labute approximate surface area is 511 Å². The van der Waals surface area contributed by atoms with E-state index in [0.717, 1.165) is 50.5 Å². The van der Waals surface area contributed by atoms with Crippen molar-refractivity contribution in [2.24, 2.45) is 0 Å². The Bertz CT molecular complexity index is 2520. The van der Waals surface area contributed by atoms with E-state index in [2.05, 4.69) is 16.0 Å². The third-order valence-corrected chi connectivity index (χ3v) is 13.8. The largest absolute Gasteiger partial charge is 0.467 e. The molecule has 87 heavy (non-hydrogen) atoms. The van der Waals surface area contributed by atoms with Crippen LogP contribution in [-0.2, 0) is 110 Å². The first-order chi connectivity index (χ1) is 41.8. The van der Waals surface area contributed by atoms with Crippen LogP contribution in [0.4, 0.5) is 4.79 Å². The zero-order chi connectivity index (χ0) is 63.0. The number of rotatable bonds is 37. The van der Waals surface area contributed by atoms with Crippen LogP contribution in [0.1, 0.15) is 129 Å². The van der Waals surface area contributed by atoms with Crippen LogP contribution < -0.4 is 16.0 Å². The summed E-state index contributed by atoms with van der Waals surface area (Å²) in [5.74, 6) is -3.59. The van der Waals surface area contributed by atoms with Crippen LogP contribution in [0.15, 0.2) is 91.0 Å². The lowest BCUT2D eigenvalue weighted by Gasteiger charge is -2.45. The molecule has 482 valence electrons. The molecule has 3 amide bonds. The zero-order valence-corrected chi connectivity index (χ0v) is 51.6. The molecule has 0 bridgehead atoms. The minimum atomic E-state index is -1.30.